The molecule has 0 atom stereocenters. The Morgan fingerprint density at radius 1 is 1.19 bits per heavy atom. The third kappa shape index (κ3) is 4.89. The van der Waals surface area contributed by atoms with Gasteiger partial charge in [-0.1, -0.05) is 23.2 Å². The van der Waals surface area contributed by atoms with E-state index in [1.54, 1.807) is 6.07 Å². The highest BCUT2D eigenvalue weighted by atomic mass is 35.5. The van der Waals surface area contributed by atoms with Gasteiger partial charge < -0.3 is 10.3 Å². The molecule has 0 saturated heterocycles. The van der Waals surface area contributed by atoms with Crippen LogP contribution in [0.4, 0.5) is 0 Å². The third-order valence-corrected chi connectivity index (χ3v) is 5.87. The average Bonchev–Trinajstić information content (AvgIpc) is 2.87. The lowest BCUT2D eigenvalue weighted by molar-refractivity contribution is -0.121. The van der Waals surface area contributed by atoms with Crippen LogP contribution in [0.2, 0.25) is 10.0 Å². The number of benzene rings is 1. The molecular weight excluding hydrogens is 405 g/mol. The van der Waals surface area contributed by atoms with Crippen molar-refractivity contribution in [3.05, 3.63) is 60.4 Å². The molecule has 3 rings (SSSR count). The van der Waals surface area contributed by atoms with E-state index >= 15 is 0 Å². The summed E-state index contributed by atoms with van der Waals surface area (Å²) >= 11 is 13.4. The molecule has 1 aromatic carbocycles. The number of fused-ring (bicyclic) bond motifs is 1. The van der Waals surface area contributed by atoms with E-state index in [4.69, 9.17) is 23.2 Å². The molecule has 0 radical (unpaired) electrons. The van der Waals surface area contributed by atoms with E-state index in [1.807, 2.05) is 26.0 Å². The molecule has 0 spiro atoms. The number of halogens is 2. The van der Waals surface area contributed by atoms with Crippen LogP contribution in [0.3, 0.4) is 0 Å². The number of carbonyl (C=O) groups is 1. The van der Waals surface area contributed by atoms with Crippen LogP contribution in [0.1, 0.15) is 28.2 Å². The van der Waals surface area contributed by atoms with Gasteiger partial charge in [-0.3, -0.25) is 9.59 Å². The number of H-pyrrole nitrogens is 1. The monoisotopic (exact) mass is 423 g/mol. The fourth-order valence-corrected chi connectivity index (χ4v) is 4.46. The van der Waals surface area contributed by atoms with Crippen LogP contribution < -0.4 is 10.9 Å². The summed E-state index contributed by atoms with van der Waals surface area (Å²) in [6.45, 7) is 4.38. The summed E-state index contributed by atoms with van der Waals surface area (Å²) in [5.74, 6) is 0.440. The van der Waals surface area contributed by atoms with E-state index in [2.05, 4.69) is 15.3 Å². The number of thiophene rings is 1. The van der Waals surface area contributed by atoms with Crippen LogP contribution in [-0.4, -0.2) is 22.4 Å². The van der Waals surface area contributed by atoms with Gasteiger partial charge in [0.15, 0.2) is 0 Å². The van der Waals surface area contributed by atoms with Crippen molar-refractivity contribution in [3.8, 4) is 0 Å². The lowest BCUT2D eigenvalue weighted by Crippen LogP contribution is -2.26. The number of rotatable bonds is 6. The minimum atomic E-state index is -0.143. The largest absolute Gasteiger partial charge is 0.356 e. The number of nitrogens with zero attached hydrogens (tertiary/aromatic N) is 1. The summed E-state index contributed by atoms with van der Waals surface area (Å²) in [5, 5.41) is 4.66. The number of aryl methyl sites for hydroxylation is 3. The maximum Gasteiger partial charge on any atom is 0.259 e. The van der Waals surface area contributed by atoms with Crippen molar-refractivity contribution in [2.45, 2.75) is 33.1 Å². The molecule has 2 N–H and O–H groups in total. The van der Waals surface area contributed by atoms with E-state index in [1.165, 1.54) is 11.3 Å². The highest BCUT2D eigenvalue weighted by molar-refractivity contribution is 7.18. The number of carbonyl (C=O) groups excluding carboxylic acids is 1. The molecule has 5 nitrogen and oxygen atoms in total. The van der Waals surface area contributed by atoms with Gasteiger partial charge in [-0.2, -0.15) is 0 Å². The van der Waals surface area contributed by atoms with Crippen molar-refractivity contribution in [2.24, 2.45) is 0 Å². The van der Waals surface area contributed by atoms with Crippen LogP contribution in [0.15, 0.2) is 23.0 Å². The number of nitrogens with one attached hydrogen (secondary N) is 2. The van der Waals surface area contributed by atoms with Gasteiger partial charge in [0.2, 0.25) is 5.91 Å². The summed E-state index contributed by atoms with van der Waals surface area (Å²) in [7, 11) is 0. The van der Waals surface area contributed by atoms with Gasteiger partial charge in [0, 0.05) is 34.3 Å². The van der Waals surface area contributed by atoms with Gasteiger partial charge in [-0.25, -0.2) is 4.98 Å². The number of aromatic nitrogens is 2. The van der Waals surface area contributed by atoms with E-state index < -0.39 is 0 Å². The normalized spacial score (nSPS) is 11.1. The fourth-order valence-electron chi connectivity index (χ4n) is 2.84. The Balaban J connectivity index is 1.54. The topological polar surface area (TPSA) is 74.8 Å². The lowest BCUT2D eigenvalue weighted by Gasteiger charge is -2.06. The van der Waals surface area contributed by atoms with Crippen molar-refractivity contribution >= 4 is 50.7 Å². The first kappa shape index (κ1) is 19.9. The second-order valence-electron chi connectivity index (χ2n) is 6.35. The molecule has 3 aromatic rings. The van der Waals surface area contributed by atoms with E-state index in [-0.39, 0.29) is 17.9 Å². The highest BCUT2D eigenvalue weighted by Gasteiger charge is 2.12. The average molecular weight is 424 g/mol. The van der Waals surface area contributed by atoms with E-state index in [0.717, 1.165) is 20.8 Å². The molecule has 0 aliphatic rings. The Morgan fingerprint density at radius 2 is 1.89 bits per heavy atom. The molecular formula is C19H19Cl2N3O2S. The number of hydrogen-bond acceptors (Lipinski definition) is 4. The zero-order chi connectivity index (χ0) is 19.6. The molecule has 0 fully saturated rings. The molecule has 27 heavy (non-hydrogen) atoms. The van der Waals surface area contributed by atoms with Crippen LogP contribution in [0.25, 0.3) is 10.2 Å². The summed E-state index contributed by atoms with van der Waals surface area (Å²) in [5.41, 5.74) is 1.79. The lowest BCUT2D eigenvalue weighted by atomic mass is 10.1. The molecule has 0 aliphatic carbocycles. The highest BCUT2D eigenvalue weighted by Crippen LogP contribution is 2.25. The standard InChI is InChI=1S/C19H19Cl2N3O2S/c1-10-11(2)27-19-17(10)18(26)23-15(24-19)3-4-16(25)22-6-5-12-7-13(20)9-14(21)8-12/h7-9H,3-6H2,1-2H3,(H,22,25)(H,23,24,26). The minimum absolute atomic E-state index is 0.0931. The van der Waals surface area contributed by atoms with Crippen molar-refractivity contribution < 1.29 is 4.79 Å². The molecule has 0 unspecified atom stereocenters. The van der Waals surface area contributed by atoms with Crippen molar-refractivity contribution in [3.63, 3.8) is 0 Å². The summed E-state index contributed by atoms with van der Waals surface area (Å²) in [6, 6.07) is 5.33. The molecule has 0 bridgehead atoms. The first-order valence-electron chi connectivity index (χ1n) is 8.54. The van der Waals surface area contributed by atoms with Gasteiger partial charge in [-0.15, -0.1) is 11.3 Å². The summed E-state index contributed by atoms with van der Waals surface area (Å²) < 4.78 is 0. The summed E-state index contributed by atoms with van der Waals surface area (Å²) in [4.78, 5) is 33.4. The van der Waals surface area contributed by atoms with Gasteiger partial charge in [0.05, 0.1) is 5.39 Å². The molecule has 2 heterocycles. The SMILES string of the molecule is Cc1sc2nc(CCC(=O)NCCc3cc(Cl)cc(Cl)c3)[nH]c(=O)c2c1C. The predicted octanol–water partition coefficient (Wildman–Crippen LogP) is 4.20. The predicted molar refractivity (Wildman–Crippen MR) is 111 cm³/mol. The maximum atomic E-state index is 12.3. The summed E-state index contributed by atoms with van der Waals surface area (Å²) in [6.07, 6.45) is 1.28. The van der Waals surface area contributed by atoms with Gasteiger partial charge >= 0.3 is 0 Å². The zero-order valence-corrected chi connectivity index (χ0v) is 17.3. The molecule has 1 amide bonds. The van der Waals surface area contributed by atoms with Crippen LogP contribution in [0, 0.1) is 13.8 Å². The van der Waals surface area contributed by atoms with Crippen molar-refractivity contribution in [1.82, 2.24) is 15.3 Å². The quantitative estimate of drug-likeness (QED) is 0.623. The molecule has 0 aliphatic heterocycles. The molecule has 142 valence electrons. The van der Waals surface area contributed by atoms with Crippen molar-refractivity contribution in [1.29, 1.82) is 0 Å². The van der Waals surface area contributed by atoms with Crippen LogP contribution in [-0.2, 0) is 17.6 Å². The molecule has 2 aromatic heterocycles. The number of hydrogen-bond donors (Lipinski definition) is 2. The Kier molecular flexibility index (Phi) is 6.19. The van der Waals surface area contributed by atoms with Crippen LogP contribution in [0.5, 0.6) is 0 Å². The van der Waals surface area contributed by atoms with Crippen molar-refractivity contribution in [2.75, 3.05) is 6.54 Å². The molecule has 0 saturated carbocycles. The van der Waals surface area contributed by atoms with E-state index in [0.29, 0.717) is 40.6 Å². The molecule has 8 heteroatoms. The minimum Gasteiger partial charge on any atom is -0.356 e. The van der Waals surface area contributed by atoms with Crippen LogP contribution >= 0.6 is 34.5 Å². The maximum absolute atomic E-state index is 12.3. The Bertz CT molecular complexity index is 1040. The Labute approximate surface area is 170 Å². The zero-order valence-electron chi connectivity index (χ0n) is 15.0. The van der Waals surface area contributed by atoms with E-state index in [9.17, 15) is 9.59 Å². The van der Waals surface area contributed by atoms with Gasteiger partial charge in [0.25, 0.3) is 5.56 Å². The Hall–Kier alpha value is -1.89. The second-order valence-corrected chi connectivity index (χ2v) is 8.43. The second kappa shape index (κ2) is 8.42. The first-order valence-corrected chi connectivity index (χ1v) is 10.1. The van der Waals surface area contributed by atoms with Gasteiger partial charge in [0.1, 0.15) is 10.7 Å². The number of amides is 1. The Morgan fingerprint density at radius 3 is 2.59 bits per heavy atom. The number of aromatic amines is 1. The van der Waals surface area contributed by atoms with Gasteiger partial charge in [-0.05, 0) is 49.6 Å². The smallest absolute Gasteiger partial charge is 0.259 e. The fraction of sp³-hybridized carbons (Fsp3) is 0.316. The third-order valence-electron chi connectivity index (χ3n) is 4.34. The first-order chi connectivity index (χ1) is 12.8.